The zero-order valence-corrected chi connectivity index (χ0v) is 15.5. The Morgan fingerprint density at radius 2 is 1.84 bits per heavy atom. The first-order valence-corrected chi connectivity index (χ1v) is 8.13. The Bertz CT molecular complexity index is 846. The van der Waals surface area contributed by atoms with E-state index in [-0.39, 0.29) is 12.4 Å². The van der Waals surface area contributed by atoms with Gasteiger partial charge in [0, 0.05) is 19.6 Å². The Morgan fingerprint density at radius 1 is 1.20 bits per heavy atom. The first-order chi connectivity index (χ1) is 11.7. The number of hydrogen-bond donors (Lipinski definition) is 0. The molecule has 2 heterocycles. The van der Waals surface area contributed by atoms with Crippen LogP contribution in [-0.2, 0) is 21.1 Å². The third kappa shape index (κ3) is 3.05. The van der Waals surface area contributed by atoms with E-state index in [1.54, 1.807) is 19.2 Å². The Kier molecular flexibility index (Phi) is 4.39. The second kappa shape index (κ2) is 6.12. The first kappa shape index (κ1) is 17.9. The van der Waals surface area contributed by atoms with E-state index in [1.807, 2.05) is 27.7 Å². The maximum atomic E-state index is 12.4. The lowest BCUT2D eigenvalue weighted by Crippen LogP contribution is -2.41. The van der Waals surface area contributed by atoms with Gasteiger partial charge in [0.25, 0.3) is 5.56 Å². The third-order valence-electron chi connectivity index (χ3n) is 4.89. The number of aromatic nitrogens is 2. The lowest BCUT2D eigenvalue weighted by molar-refractivity contribution is 0.00578. The van der Waals surface area contributed by atoms with Gasteiger partial charge < -0.3 is 23.3 Å². The van der Waals surface area contributed by atoms with Crippen LogP contribution in [0.3, 0.4) is 0 Å². The van der Waals surface area contributed by atoms with Crippen molar-refractivity contribution in [2.75, 3.05) is 13.9 Å². The van der Waals surface area contributed by atoms with Crippen molar-refractivity contribution in [3.8, 4) is 5.75 Å². The normalized spacial score (nSPS) is 18.7. The highest BCUT2D eigenvalue weighted by atomic mass is 16.7. The number of rotatable bonds is 4. The number of hydrogen-bond acceptors (Lipinski definition) is 6. The Hall–Kier alpha value is -1.90. The fourth-order valence-corrected chi connectivity index (χ4v) is 2.66. The van der Waals surface area contributed by atoms with Gasteiger partial charge in [0.05, 0.1) is 28.4 Å². The molecule has 3 rings (SSSR count). The van der Waals surface area contributed by atoms with Crippen LogP contribution in [-0.4, -0.2) is 41.8 Å². The standard InChI is InChI=1S/C17H23BN2O5/c1-16(2)17(3,4)25-18(24-16)12-8-13-11(7-14(12)23-10-22-6)15(21)20(5)9-19-13/h7-9H,10H2,1-6H3. The number of methoxy groups -OCH3 is 1. The van der Waals surface area contributed by atoms with Crippen LogP contribution in [0.1, 0.15) is 27.7 Å². The number of aryl methyl sites for hydroxylation is 1. The maximum Gasteiger partial charge on any atom is 0.498 e. The molecule has 1 aromatic carbocycles. The molecule has 1 saturated heterocycles. The maximum absolute atomic E-state index is 12.4. The lowest BCUT2D eigenvalue weighted by atomic mass is 9.78. The summed E-state index contributed by atoms with van der Waals surface area (Å²) in [4.78, 5) is 16.7. The van der Waals surface area contributed by atoms with E-state index in [0.29, 0.717) is 22.1 Å². The van der Waals surface area contributed by atoms with Gasteiger partial charge in [-0.25, -0.2) is 4.98 Å². The number of ether oxygens (including phenoxy) is 2. The predicted octanol–water partition coefficient (Wildman–Crippen LogP) is 1.22. The topological polar surface area (TPSA) is 71.8 Å². The number of benzene rings is 1. The summed E-state index contributed by atoms with van der Waals surface area (Å²) in [7, 11) is 2.58. The summed E-state index contributed by atoms with van der Waals surface area (Å²) in [6.45, 7) is 7.99. The monoisotopic (exact) mass is 346 g/mol. The largest absolute Gasteiger partial charge is 0.498 e. The molecule has 8 heteroatoms. The van der Waals surface area contributed by atoms with Crippen molar-refractivity contribution in [3.05, 3.63) is 28.8 Å². The zero-order chi connectivity index (χ0) is 18.4. The van der Waals surface area contributed by atoms with E-state index in [0.717, 1.165) is 0 Å². The summed E-state index contributed by atoms with van der Waals surface area (Å²) in [5.41, 5.74) is 0.144. The van der Waals surface area contributed by atoms with Gasteiger partial charge in [0.15, 0.2) is 6.79 Å². The van der Waals surface area contributed by atoms with E-state index < -0.39 is 18.3 Å². The van der Waals surface area contributed by atoms with E-state index in [2.05, 4.69) is 4.98 Å². The Balaban J connectivity index is 2.13. The van der Waals surface area contributed by atoms with Gasteiger partial charge >= 0.3 is 7.12 Å². The van der Waals surface area contributed by atoms with Crippen molar-refractivity contribution in [1.29, 1.82) is 0 Å². The molecule has 1 aromatic heterocycles. The fourth-order valence-electron chi connectivity index (χ4n) is 2.66. The minimum absolute atomic E-state index is 0.0542. The van der Waals surface area contributed by atoms with Crippen LogP contribution < -0.4 is 15.8 Å². The van der Waals surface area contributed by atoms with Gasteiger partial charge in [0.1, 0.15) is 5.75 Å². The van der Waals surface area contributed by atoms with Gasteiger partial charge in [-0.3, -0.25) is 4.79 Å². The molecule has 1 aliphatic rings. The molecule has 0 N–H and O–H groups in total. The van der Waals surface area contributed by atoms with Gasteiger partial charge in [-0.2, -0.15) is 0 Å². The van der Waals surface area contributed by atoms with Crippen molar-refractivity contribution in [2.24, 2.45) is 7.05 Å². The minimum Gasteiger partial charge on any atom is -0.468 e. The van der Waals surface area contributed by atoms with Crippen molar-refractivity contribution in [1.82, 2.24) is 9.55 Å². The molecule has 2 aromatic rings. The zero-order valence-electron chi connectivity index (χ0n) is 15.5. The summed E-state index contributed by atoms with van der Waals surface area (Å²) in [6, 6.07) is 3.45. The third-order valence-corrected chi connectivity index (χ3v) is 4.89. The van der Waals surface area contributed by atoms with E-state index >= 15 is 0 Å². The average molecular weight is 346 g/mol. The molecule has 0 bridgehead atoms. The summed E-state index contributed by atoms with van der Waals surface area (Å²) in [5.74, 6) is 0.484. The summed E-state index contributed by atoms with van der Waals surface area (Å²) >= 11 is 0. The molecule has 0 saturated carbocycles. The van der Waals surface area contributed by atoms with E-state index in [9.17, 15) is 4.79 Å². The van der Waals surface area contributed by atoms with Crippen LogP contribution in [0.25, 0.3) is 10.9 Å². The summed E-state index contributed by atoms with van der Waals surface area (Å²) in [5, 5.41) is 0.469. The van der Waals surface area contributed by atoms with Crippen LogP contribution in [0.5, 0.6) is 5.75 Å². The van der Waals surface area contributed by atoms with Crippen LogP contribution in [0.15, 0.2) is 23.3 Å². The predicted molar refractivity (Wildman–Crippen MR) is 95.2 cm³/mol. The van der Waals surface area contributed by atoms with Crippen molar-refractivity contribution in [2.45, 2.75) is 38.9 Å². The van der Waals surface area contributed by atoms with Gasteiger partial charge in [0.2, 0.25) is 0 Å². The van der Waals surface area contributed by atoms with Crippen LogP contribution in [0, 0.1) is 0 Å². The molecule has 1 fully saturated rings. The van der Waals surface area contributed by atoms with E-state index in [4.69, 9.17) is 18.8 Å². The summed E-state index contributed by atoms with van der Waals surface area (Å²) in [6.07, 6.45) is 1.49. The highest BCUT2D eigenvalue weighted by Gasteiger charge is 2.52. The quantitative estimate of drug-likeness (QED) is 0.612. The Labute approximate surface area is 147 Å². The SMILES string of the molecule is COCOc1cc2c(=O)n(C)cnc2cc1B1OC(C)(C)C(C)(C)O1. The highest BCUT2D eigenvalue weighted by molar-refractivity contribution is 6.63. The molecule has 0 unspecified atom stereocenters. The second-order valence-electron chi connectivity index (χ2n) is 7.21. The van der Waals surface area contributed by atoms with Crippen LogP contribution in [0.4, 0.5) is 0 Å². The van der Waals surface area contributed by atoms with Crippen molar-refractivity contribution >= 4 is 23.5 Å². The van der Waals surface area contributed by atoms with Crippen LogP contribution >= 0.6 is 0 Å². The second-order valence-corrected chi connectivity index (χ2v) is 7.21. The molecule has 0 radical (unpaired) electrons. The minimum atomic E-state index is -0.618. The van der Waals surface area contributed by atoms with Crippen molar-refractivity contribution < 1.29 is 18.8 Å². The van der Waals surface area contributed by atoms with Gasteiger partial charge in [-0.05, 0) is 39.8 Å². The molecule has 25 heavy (non-hydrogen) atoms. The highest BCUT2D eigenvalue weighted by Crippen LogP contribution is 2.37. The smallest absolute Gasteiger partial charge is 0.468 e. The van der Waals surface area contributed by atoms with E-state index in [1.165, 1.54) is 18.0 Å². The summed E-state index contributed by atoms with van der Waals surface area (Å²) < 4.78 is 24.4. The Morgan fingerprint density at radius 3 is 2.44 bits per heavy atom. The molecule has 0 amide bonds. The molecular weight excluding hydrogens is 323 g/mol. The molecule has 134 valence electrons. The lowest BCUT2D eigenvalue weighted by Gasteiger charge is -2.32. The number of nitrogens with zero attached hydrogens (tertiary/aromatic N) is 2. The molecule has 0 atom stereocenters. The average Bonchev–Trinajstić information content (AvgIpc) is 2.76. The van der Waals surface area contributed by atoms with Gasteiger partial charge in [-0.15, -0.1) is 0 Å². The molecular formula is C17H23BN2O5. The molecule has 0 spiro atoms. The molecule has 1 aliphatic heterocycles. The molecule has 7 nitrogen and oxygen atoms in total. The van der Waals surface area contributed by atoms with Crippen molar-refractivity contribution in [3.63, 3.8) is 0 Å². The number of fused-ring (bicyclic) bond motifs is 1. The fraction of sp³-hybridized carbons (Fsp3) is 0.529. The molecule has 0 aliphatic carbocycles. The first-order valence-electron chi connectivity index (χ1n) is 8.13. The van der Waals surface area contributed by atoms with Gasteiger partial charge in [-0.1, -0.05) is 0 Å². The van der Waals surface area contributed by atoms with Crippen LogP contribution in [0.2, 0.25) is 0 Å².